The smallest absolute Gasteiger partial charge is 0.337 e. The molecule has 6 nitrogen and oxygen atoms in total. The van der Waals surface area contributed by atoms with Crippen molar-refractivity contribution >= 4 is 17.5 Å². The molecule has 0 radical (unpaired) electrons. The quantitative estimate of drug-likeness (QED) is 0.856. The van der Waals surface area contributed by atoms with Gasteiger partial charge in [0.2, 0.25) is 5.88 Å². The van der Waals surface area contributed by atoms with Crippen molar-refractivity contribution in [1.82, 2.24) is 9.97 Å². The molecule has 0 saturated heterocycles. The maximum absolute atomic E-state index is 10.7. The minimum atomic E-state index is -1.000. The molecular formula is C12H11N3O3. The lowest BCUT2D eigenvalue weighted by molar-refractivity contribution is 0.0696. The predicted octanol–water partition coefficient (Wildman–Crippen LogP) is 1.93. The molecule has 0 aromatic carbocycles. The molecule has 0 spiro atoms. The zero-order valence-electron chi connectivity index (χ0n) is 9.62. The van der Waals surface area contributed by atoms with Crippen LogP contribution in [-0.4, -0.2) is 28.2 Å². The number of nitrogens with one attached hydrogen (secondary N) is 1. The van der Waals surface area contributed by atoms with Crippen LogP contribution in [-0.2, 0) is 0 Å². The second-order valence-electron chi connectivity index (χ2n) is 3.45. The summed E-state index contributed by atoms with van der Waals surface area (Å²) in [7, 11) is 1.54. The van der Waals surface area contributed by atoms with Gasteiger partial charge in [0.05, 0.1) is 24.6 Å². The van der Waals surface area contributed by atoms with Gasteiger partial charge in [0.15, 0.2) is 0 Å². The van der Waals surface area contributed by atoms with Crippen molar-refractivity contribution in [2.24, 2.45) is 0 Å². The van der Waals surface area contributed by atoms with Crippen molar-refractivity contribution in [2.75, 3.05) is 12.4 Å². The normalized spacial score (nSPS) is 9.83. The van der Waals surface area contributed by atoms with Gasteiger partial charge in [-0.05, 0) is 18.2 Å². The van der Waals surface area contributed by atoms with Crippen LogP contribution >= 0.6 is 0 Å². The summed E-state index contributed by atoms with van der Waals surface area (Å²) in [6.45, 7) is 0. The van der Waals surface area contributed by atoms with E-state index in [0.29, 0.717) is 11.7 Å². The fourth-order valence-corrected chi connectivity index (χ4v) is 1.32. The Balaban J connectivity index is 2.10. The third-order valence-corrected chi connectivity index (χ3v) is 2.23. The van der Waals surface area contributed by atoms with Crippen molar-refractivity contribution in [3.05, 3.63) is 42.2 Å². The van der Waals surface area contributed by atoms with E-state index in [1.165, 1.54) is 12.3 Å². The lowest BCUT2D eigenvalue weighted by Gasteiger charge is -2.05. The van der Waals surface area contributed by atoms with Gasteiger partial charge >= 0.3 is 5.97 Å². The Labute approximate surface area is 103 Å². The number of hydrogen-bond donors (Lipinski definition) is 2. The second kappa shape index (κ2) is 5.13. The lowest BCUT2D eigenvalue weighted by Crippen LogP contribution is -1.99. The van der Waals surface area contributed by atoms with Gasteiger partial charge in [0, 0.05) is 12.3 Å². The standard InChI is InChI=1S/C12H11N3O3/c1-18-11-5-3-9(7-14-11)15-10-4-2-8(6-13-10)12(16)17/h2-7H,1H3,(H,13,15)(H,16,17). The Bertz CT molecular complexity index is 537. The zero-order valence-corrected chi connectivity index (χ0v) is 9.62. The van der Waals surface area contributed by atoms with Crippen LogP contribution in [0, 0.1) is 0 Å². The number of aromatic nitrogens is 2. The molecule has 2 rings (SSSR count). The third-order valence-electron chi connectivity index (χ3n) is 2.23. The minimum absolute atomic E-state index is 0.147. The summed E-state index contributed by atoms with van der Waals surface area (Å²) in [6.07, 6.45) is 2.90. The van der Waals surface area contributed by atoms with Crippen LogP contribution in [0.25, 0.3) is 0 Å². The van der Waals surface area contributed by atoms with Gasteiger partial charge in [-0.2, -0.15) is 0 Å². The maximum atomic E-state index is 10.7. The summed E-state index contributed by atoms with van der Waals surface area (Å²) in [5.74, 6) is 0.0712. The Hall–Kier alpha value is -2.63. The summed E-state index contributed by atoms with van der Waals surface area (Å²) in [6, 6.07) is 6.58. The van der Waals surface area contributed by atoms with Crippen LogP contribution in [0.4, 0.5) is 11.5 Å². The summed E-state index contributed by atoms with van der Waals surface area (Å²) < 4.78 is 4.94. The van der Waals surface area contributed by atoms with Crippen LogP contribution in [0.1, 0.15) is 10.4 Å². The maximum Gasteiger partial charge on any atom is 0.337 e. The van der Waals surface area contributed by atoms with Crippen molar-refractivity contribution in [3.8, 4) is 5.88 Å². The van der Waals surface area contributed by atoms with Gasteiger partial charge < -0.3 is 15.2 Å². The number of carboxylic acids is 1. The van der Waals surface area contributed by atoms with Gasteiger partial charge in [-0.1, -0.05) is 0 Å². The van der Waals surface area contributed by atoms with Crippen LogP contribution in [0.15, 0.2) is 36.7 Å². The van der Waals surface area contributed by atoms with Gasteiger partial charge in [-0.15, -0.1) is 0 Å². The molecule has 0 aliphatic heterocycles. The van der Waals surface area contributed by atoms with E-state index in [2.05, 4.69) is 15.3 Å². The molecule has 2 N–H and O–H groups in total. The predicted molar refractivity (Wildman–Crippen MR) is 65.3 cm³/mol. The topological polar surface area (TPSA) is 84.3 Å². The monoisotopic (exact) mass is 245 g/mol. The van der Waals surface area contributed by atoms with E-state index in [4.69, 9.17) is 9.84 Å². The van der Waals surface area contributed by atoms with Crippen molar-refractivity contribution < 1.29 is 14.6 Å². The molecule has 92 valence electrons. The van der Waals surface area contributed by atoms with E-state index in [9.17, 15) is 4.79 Å². The molecule has 2 aromatic heterocycles. The molecule has 0 fully saturated rings. The number of ether oxygens (including phenoxy) is 1. The van der Waals surface area contributed by atoms with Crippen molar-refractivity contribution in [1.29, 1.82) is 0 Å². The zero-order chi connectivity index (χ0) is 13.0. The Morgan fingerprint density at radius 2 is 2.06 bits per heavy atom. The fraction of sp³-hybridized carbons (Fsp3) is 0.0833. The molecule has 0 atom stereocenters. The summed E-state index contributed by atoms with van der Waals surface area (Å²) >= 11 is 0. The van der Waals surface area contributed by atoms with E-state index in [1.807, 2.05) is 0 Å². The SMILES string of the molecule is COc1ccc(Nc2ccc(C(=O)O)cn2)cn1. The molecule has 18 heavy (non-hydrogen) atoms. The van der Waals surface area contributed by atoms with Crippen molar-refractivity contribution in [3.63, 3.8) is 0 Å². The number of pyridine rings is 2. The molecule has 2 heterocycles. The number of nitrogens with zero attached hydrogens (tertiary/aromatic N) is 2. The van der Waals surface area contributed by atoms with Crippen LogP contribution < -0.4 is 10.1 Å². The van der Waals surface area contributed by atoms with E-state index in [1.54, 1.807) is 31.5 Å². The average Bonchev–Trinajstić information content (AvgIpc) is 2.40. The first-order valence-electron chi connectivity index (χ1n) is 5.15. The number of aromatic carboxylic acids is 1. The number of carbonyl (C=O) groups is 1. The highest BCUT2D eigenvalue weighted by Gasteiger charge is 2.03. The van der Waals surface area contributed by atoms with E-state index < -0.39 is 5.97 Å². The summed E-state index contributed by atoms with van der Waals surface area (Å²) in [5.41, 5.74) is 0.889. The van der Waals surface area contributed by atoms with Crippen LogP contribution in [0.5, 0.6) is 5.88 Å². The molecule has 0 amide bonds. The Morgan fingerprint density at radius 3 is 2.56 bits per heavy atom. The molecule has 0 unspecified atom stereocenters. The third kappa shape index (κ3) is 2.73. The first-order chi connectivity index (χ1) is 8.69. The fourth-order valence-electron chi connectivity index (χ4n) is 1.32. The number of carboxylic acid groups (broad SMARTS) is 1. The van der Waals surface area contributed by atoms with Gasteiger partial charge in [-0.3, -0.25) is 0 Å². The van der Waals surface area contributed by atoms with Gasteiger partial charge in [0.25, 0.3) is 0 Å². The lowest BCUT2D eigenvalue weighted by atomic mass is 10.3. The summed E-state index contributed by atoms with van der Waals surface area (Å²) in [5, 5.41) is 11.7. The van der Waals surface area contributed by atoms with Gasteiger partial charge in [0.1, 0.15) is 5.82 Å². The Kier molecular flexibility index (Phi) is 3.38. The second-order valence-corrected chi connectivity index (χ2v) is 3.45. The number of anilines is 2. The molecule has 0 aliphatic rings. The molecule has 6 heteroatoms. The van der Waals surface area contributed by atoms with Crippen LogP contribution in [0.2, 0.25) is 0 Å². The largest absolute Gasteiger partial charge is 0.481 e. The Morgan fingerprint density at radius 1 is 1.22 bits per heavy atom. The van der Waals surface area contributed by atoms with E-state index in [-0.39, 0.29) is 5.56 Å². The molecule has 0 aliphatic carbocycles. The van der Waals surface area contributed by atoms with Crippen molar-refractivity contribution in [2.45, 2.75) is 0 Å². The minimum Gasteiger partial charge on any atom is -0.481 e. The highest BCUT2D eigenvalue weighted by atomic mass is 16.5. The molecule has 2 aromatic rings. The first kappa shape index (κ1) is 11.8. The first-order valence-corrected chi connectivity index (χ1v) is 5.15. The van der Waals surface area contributed by atoms with E-state index in [0.717, 1.165) is 5.69 Å². The van der Waals surface area contributed by atoms with Gasteiger partial charge in [-0.25, -0.2) is 14.8 Å². The number of rotatable bonds is 4. The highest BCUT2D eigenvalue weighted by molar-refractivity contribution is 5.87. The van der Waals surface area contributed by atoms with E-state index >= 15 is 0 Å². The number of methoxy groups -OCH3 is 1. The molecular weight excluding hydrogens is 234 g/mol. The highest BCUT2D eigenvalue weighted by Crippen LogP contribution is 2.16. The molecule has 0 saturated carbocycles. The summed E-state index contributed by atoms with van der Waals surface area (Å²) in [4.78, 5) is 18.7. The molecule has 0 bridgehead atoms. The number of hydrogen-bond acceptors (Lipinski definition) is 5. The average molecular weight is 245 g/mol. The van der Waals surface area contributed by atoms with Crippen LogP contribution in [0.3, 0.4) is 0 Å².